The minimum absolute atomic E-state index is 0.0662. The van der Waals surface area contributed by atoms with Crippen molar-refractivity contribution in [3.63, 3.8) is 0 Å². The Labute approximate surface area is 180 Å². The number of hydrogen-bond acceptors (Lipinski definition) is 2. The molecule has 3 aromatic rings. The molecule has 1 N–H and O–H groups in total. The molecule has 2 aromatic carbocycles. The van der Waals surface area contributed by atoms with Crippen LogP contribution in [0.2, 0.25) is 5.02 Å². The second kappa shape index (κ2) is 7.80. The van der Waals surface area contributed by atoms with Gasteiger partial charge >= 0.3 is 0 Å². The number of amides is 2. The van der Waals surface area contributed by atoms with E-state index in [1.807, 2.05) is 52.4 Å². The Hall–Kier alpha value is -2.79. The Morgan fingerprint density at radius 1 is 1.20 bits per heavy atom. The Balaban J connectivity index is 1.27. The SMILES string of the molecule is O=C1CC(C(=O)N2CCCc3ccccc32)CN1CCc1c[nH]c2ccc(Cl)cc12. The van der Waals surface area contributed by atoms with Crippen LogP contribution in [0.1, 0.15) is 24.0 Å². The number of carbonyl (C=O) groups excluding carboxylic acids is 2. The van der Waals surface area contributed by atoms with Crippen LogP contribution in [-0.4, -0.2) is 41.3 Å². The molecule has 5 nitrogen and oxygen atoms in total. The average molecular weight is 422 g/mol. The molecule has 5 rings (SSSR count). The minimum Gasteiger partial charge on any atom is -0.361 e. The van der Waals surface area contributed by atoms with Gasteiger partial charge in [0.1, 0.15) is 0 Å². The van der Waals surface area contributed by atoms with Gasteiger partial charge in [-0.05, 0) is 54.7 Å². The summed E-state index contributed by atoms with van der Waals surface area (Å²) in [6, 6.07) is 13.9. The summed E-state index contributed by atoms with van der Waals surface area (Å²) < 4.78 is 0. The number of hydrogen-bond donors (Lipinski definition) is 1. The number of nitrogens with one attached hydrogen (secondary N) is 1. The van der Waals surface area contributed by atoms with Gasteiger partial charge in [0.05, 0.1) is 5.92 Å². The van der Waals surface area contributed by atoms with E-state index in [1.54, 1.807) is 0 Å². The number of fused-ring (bicyclic) bond motifs is 2. The van der Waals surface area contributed by atoms with Gasteiger partial charge in [0.25, 0.3) is 0 Å². The molecular weight excluding hydrogens is 398 g/mol. The van der Waals surface area contributed by atoms with Crippen molar-refractivity contribution >= 4 is 40.0 Å². The molecule has 2 amide bonds. The molecule has 1 unspecified atom stereocenters. The predicted octanol–water partition coefficient (Wildman–Crippen LogP) is 4.19. The zero-order valence-electron chi connectivity index (χ0n) is 16.7. The summed E-state index contributed by atoms with van der Waals surface area (Å²) in [6.45, 7) is 1.84. The van der Waals surface area contributed by atoms with Crippen molar-refractivity contribution in [1.29, 1.82) is 0 Å². The first-order chi connectivity index (χ1) is 14.6. The Bertz CT molecular complexity index is 1120. The summed E-state index contributed by atoms with van der Waals surface area (Å²) in [5.41, 5.74) is 4.41. The van der Waals surface area contributed by atoms with Crippen LogP contribution in [0.25, 0.3) is 10.9 Å². The van der Waals surface area contributed by atoms with E-state index in [0.717, 1.165) is 48.0 Å². The van der Waals surface area contributed by atoms with Crippen LogP contribution in [0.4, 0.5) is 5.69 Å². The standard InChI is InChI=1S/C24H24ClN3O2/c25-19-7-8-21-20(13-19)17(14-26-21)9-11-27-15-18(12-23(27)29)24(30)28-10-3-5-16-4-1-2-6-22(16)28/h1-2,4,6-8,13-14,18,26H,3,5,9-12,15H2. The lowest BCUT2D eigenvalue weighted by atomic mass is 9.99. The molecular formula is C24H24ClN3O2. The molecule has 2 aliphatic rings. The van der Waals surface area contributed by atoms with Crippen molar-refractivity contribution in [1.82, 2.24) is 9.88 Å². The van der Waals surface area contributed by atoms with E-state index in [-0.39, 0.29) is 17.7 Å². The van der Waals surface area contributed by atoms with Crippen molar-refractivity contribution in [3.8, 4) is 0 Å². The number of aryl methyl sites for hydroxylation is 1. The summed E-state index contributed by atoms with van der Waals surface area (Å²) in [6.07, 6.45) is 4.99. The number of aromatic amines is 1. The van der Waals surface area contributed by atoms with Gasteiger partial charge < -0.3 is 14.8 Å². The molecule has 0 saturated carbocycles. The minimum atomic E-state index is -0.263. The number of benzene rings is 2. The zero-order valence-corrected chi connectivity index (χ0v) is 17.5. The van der Waals surface area contributed by atoms with Crippen molar-refractivity contribution < 1.29 is 9.59 Å². The van der Waals surface area contributed by atoms with Crippen LogP contribution < -0.4 is 4.90 Å². The van der Waals surface area contributed by atoms with E-state index < -0.39 is 0 Å². The summed E-state index contributed by atoms with van der Waals surface area (Å²) in [4.78, 5) is 32.8. The average Bonchev–Trinajstić information content (AvgIpc) is 3.34. The van der Waals surface area contributed by atoms with Crippen LogP contribution >= 0.6 is 11.6 Å². The van der Waals surface area contributed by atoms with Crippen LogP contribution in [0, 0.1) is 5.92 Å². The first-order valence-corrected chi connectivity index (χ1v) is 10.9. The van der Waals surface area contributed by atoms with Crippen molar-refractivity contribution in [2.24, 2.45) is 5.92 Å². The molecule has 6 heteroatoms. The lowest BCUT2D eigenvalue weighted by Gasteiger charge is -2.31. The molecule has 2 aliphatic heterocycles. The van der Waals surface area contributed by atoms with Gasteiger partial charge in [0, 0.05) is 53.9 Å². The van der Waals surface area contributed by atoms with Crippen LogP contribution in [0.5, 0.6) is 0 Å². The van der Waals surface area contributed by atoms with Crippen molar-refractivity contribution in [3.05, 3.63) is 64.8 Å². The van der Waals surface area contributed by atoms with Crippen LogP contribution in [0.3, 0.4) is 0 Å². The smallest absolute Gasteiger partial charge is 0.232 e. The van der Waals surface area contributed by atoms with Gasteiger partial charge in [-0.2, -0.15) is 0 Å². The van der Waals surface area contributed by atoms with Gasteiger partial charge in [0.2, 0.25) is 11.8 Å². The van der Waals surface area contributed by atoms with E-state index in [2.05, 4.69) is 11.1 Å². The number of nitrogens with zero attached hydrogens (tertiary/aromatic N) is 2. The Morgan fingerprint density at radius 3 is 2.97 bits per heavy atom. The lowest BCUT2D eigenvalue weighted by Crippen LogP contribution is -2.40. The molecule has 0 radical (unpaired) electrons. The first-order valence-electron chi connectivity index (χ1n) is 10.5. The summed E-state index contributed by atoms with van der Waals surface area (Å²) in [5, 5.41) is 1.79. The third-order valence-electron chi connectivity index (χ3n) is 6.32. The molecule has 1 aromatic heterocycles. The van der Waals surface area contributed by atoms with Gasteiger partial charge in [0.15, 0.2) is 0 Å². The molecule has 154 valence electrons. The number of rotatable bonds is 4. The zero-order chi connectivity index (χ0) is 20.7. The van der Waals surface area contributed by atoms with Crippen LogP contribution in [0.15, 0.2) is 48.7 Å². The van der Waals surface area contributed by atoms with E-state index >= 15 is 0 Å². The van der Waals surface area contributed by atoms with E-state index in [1.165, 1.54) is 5.56 Å². The van der Waals surface area contributed by atoms with Gasteiger partial charge in [-0.15, -0.1) is 0 Å². The predicted molar refractivity (Wildman–Crippen MR) is 119 cm³/mol. The Morgan fingerprint density at radius 2 is 2.07 bits per heavy atom. The first kappa shape index (κ1) is 19.2. The number of halogens is 1. The topological polar surface area (TPSA) is 56.4 Å². The second-order valence-corrected chi connectivity index (χ2v) is 8.65. The summed E-state index contributed by atoms with van der Waals surface area (Å²) in [7, 11) is 0. The highest BCUT2D eigenvalue weighted by Crippen LogP contribution is 2.30. The van der Waals surface area contributed by atoms with E-state index in [9.17, 15) is 9.59 Å². The van der Waals surface area contributed by atoms with Crippen LogP contribution in [-0.2, 0) is 22.4 Å². The van der Waals surface area contributed by atoms with Crippen molar-refractivity contribution in [2.45, 2.75) is 25.7 Å². The summed E-state index contributed by atoms with van der Waals surface area (Å²) >= 11 is 6.14. The summed E-state index contributed by atoms with van der Waals surface area (Å²) in [5.74, 6) is -0.116. The third kappa shape index (κ3) is 3.47. The fourth-order valence-corrected chi connectivity index (χ4v) is 4.92. The van der Waals surface area contributed by atoms with E-state index in [0.29, 0.717) is 24.5 Å². The van der Waals surface area contributed by atoms with Gasteiger partial charge in [-0.1, -0.05) is 29.8 Å². The van der Waals surface area contributed by atoms with Crippen molar-refractivity contribution in [2.75, 3.05) is 24.5 Å². The molecule has 0 bridgehead atoms. The fraction of sp³-hybridized carbons (Fsp3) is 0.333. The maximum Gasteiger partial charge on any atom is 0.232 e. The quantitative estimate of drug-likeness (QED) is 0.686. The molecule has 3 heterocycles. The lowest BCUT2D eigenvalue weighted by molar-refractivity contribution is -0.128. The molecule has 0 aliphatic carbocycles. The van der Waals surface area contributed by atoms with Gasteiger partial charge in [-0.3, -0.25) is 9.59 Å². The highest BCUT2D eigenvalue weighted by molar-refractivity contribution is 6.31. The molecule has 1 atom stereocenters. The highest BCUT2D eigenvalue weighted by Gasteiger charge is 2.37. The third-order valence-corrected chi connectivity index (χ3v) is 6.56. The monoisotopic (exact) mass is 421 g/mol. The number of para-hydroxylation sites is 1. The maximum absolute atomic E-state index is 13.2. The number of carbonyl (C=O) groups is 2. The number of anilines is 1. The number of H-pyrrole nitrogens is 1. The Kier molecular flexibility index (Phi) is 4.99. The molecule has 0 spiro atoms. The molecule has 1 fully saturated rings. The molecule has 30 heavy (non-hydrogen) atoms. The molecule has 1 saturated heterocycles. The number of likely N-dealkylation sites (tertiary alicyclic amines) is 1. The van der Waals surface area contributed by atoms with E-state index in [4.69, 9.17) is 11.6 Å². The fourth-order valence-electron chi connectivity index (χ4n) is 4.75. The number of aromatic nitrogens is 1. The maximum atomic E-state index is 13.2. The normalized spacial score (nSPS) is 18.8. The second-order valence-electron chi connectivity index (χ2n) is 8.22. The largest absolute Gasteiger partial charge is 0.361 e. The highest BCUT2D eigenvalue weighted by atomic mass is 35.5. The van der Waals surface area contributed by atoms with Gasteiger partial charge in [-0.25, -0.2) is 0 Å².